The summed E-state index contributed by atoms with van der Waals surface area (Å²) in [7, 11) is 0. The number of urea groups is 1. The van der Waals surface area contributed by atoms with Crippen molar-refractivity contribution >= 4 is 17.6 Å². The van der Waals surface area contributed by atoms with Crippen LogP contribution in [0.3, 0.4) is 0 Å². The number of anilines is 1. The SMILES string of the molecule is C[C@@H](O)CNC(C)(C)CNC(=O)N[C@@H]1CCc2ccccc2N(Cc2ccc(-c3ccccc3-c3nn[nH]n3)cc2)C1=O. The number of β-amino-alcohol motifs (C(OH)–C–C–N with tert-alkyl or cyclic N) is 1. The van der Waals surface area contributed by atoms with Crippen LogP contribution in [0.2, 0.25) is 0 Å². The van der Waals surface area contributed by atoms with Crippen molar-refractivity contribution in [2.24, 2.45) is 0 Å². The Morgan fingerprint density at radius 1 is 1.07 bits per heavy atom. The number of nitrogens with one attached hydrogen (secondary N) is 4. The van der Waals surface area contributed by atoms with Crippen molar-refractivity contribution in [3.05, 3.63) is 83.9 Å². The van der Waals surface area contributed by atoms with Crippen molar-refractivity contribution in [2.75, 3.05) is 18.0 Å². The number of tetrazole rings is 1. The third-order valence-corrected chi connectivity index (χ3v) is 7.54. The Kier molecular flexibility index (Phi) is 9.13. The van der Waals surface area contributed by atoms with Gasteiger partial charge in [-0.3, -0.25) is 4.79 Å². The number of aliphatic hydroxyl groups excluding tert-OH is 1. The Morgan fingerprint density at radius 2 is 1.79 bits per heavy atom. The standard InChI is InChI=1S/C32H38N8O3/c1-21(41)18-34-32(2,3)20-33-31(43)35-27-17-16-24-8-4-7-11-28(24)40(30(27)42)19-22-12-14-23(15-13-22)25-9-5-6-10-26(25)29-36-38-39-37-29/h4-15,21,27,34,41H,16-20H2,1-3H3,(H2,33,35,43)(H,36,37,38,39)/t21-,27-/m1/s1. The van der Waals surface area contributed by atoms with Gasteiger partial charge in [0.25, 0.3) is 0 Å². The molecular formula is C32H38N8O3. The molecule has 0 bridgehead atoms. The predicted octanol–water partition coefficient (Wildman–Crippen LogP) is 3.43. The van der Waals surface area contributed by atoms with Crippen molar-refractivity contribution in [3.8, 4) is 22.5 Å². The molecule has 5 N–H and O–H groups in total. The summed E-state index contributed by atoms with van der Waals surface area (Å²) in [6.07, 6.45) is 0.666. The van der Waals surface area contributed by atoms with Crippen molar-refractivity contribution in [2.45, 2.75) is 57.8 Å². The first-order valence-corrected chi connectivity index (χ1v) is 14.5. The number of aromatic amines is 1. The molecule has 11 heteroatoms. The van der Waals surface area contributed by atoms with Crippen LogP contribution in [0.15, 0.2) is 72.8 Å². The van der Waals surface area contributed by atoms with Crippen LogP contribution in [0.4, 0.5) is 10.5 Å². The van der Waals surface area contributed by atoms with E-state index in [1.54, 1.807) is 11.8 Å². The van der Waals surface area contributed by atoms with Crippen LogP contribution >= 0.6 is 0 Å². The number of aromatic nitrogens is 4. The Morgan fingerprint density at radius 3 is 2.51 bits per heavy atom. The zero-order valence-electron chi connectivity index (χ0n) is 24.7. The molecule has 3 aromatic carbocycles. The Bertz CT molecular complexity index is 1540. The van der Waals surface area contributed by atoms with Gasteiger partial charge in [-0.15, -0.1) is 10.2 Å². The highest BCUT2D eigenvalue weighted by atomic mass is 16.3. The smallest absolute Gasteiger partial charge is 0.315 e. The van der Waals surface area contributed by atoms with E-state index in [0.717, 1.165) is 33.5 Å². The third-order valence-electron chi connectivity index (χ3n) is 7.54. The first-order valence-electron chi connectivity index (χ1n) is 14.5. The average molecular weight is 583 g/mol. The van der Waals surface area contributed by atoms with Gasteiger partial charge in [0.1, 0.15) is 6.04 Å². The summed E-state index contributed by atoms with van der Waals surface area (Å²) in [6.45, 7) is 6.70. The molecule has 0 fully saturated rings. The molecule has 3 amide bonds. The van der Waals surface area contributed by atoms with Crippen LogP contribution in [0.5, 0.6) is 0 Å². The normalized spacial score (nSPS) is 15.9. The summed E-state index contributed by atoms with van der Waals surface area (Å²) in [5, 5.41) is 33.0. The van der Waals surface area contributed by atoms with Gasteiger partial charge in [0.05, 0.1) is 12.6 Å². The number of carbonyl (C=O) groups excluding carboxylic acids is 2. The van der Waals surface area contributed by atoms with Crippen LogP contribution < -0.4 is 20.9 Å². The molecule has 0 saturated heterocycles. The molecule has 0 unspecified atom stereocenters. The molecule has 224 valence electrons. The lowest BCUT2D eigenvalue weighted by Gasteiger charge is -2.29. The van der Waals surface area contributed by atoms with E-state index in [1.807, 2.05) is 86.6 Å². The Hall–Kier alpha value is -4.61. The van der Waals surface area contributed by atoms with Gasteiger partial charge in [-0.05, 0) is 67.1 Å². The van der Waals surface area contributed by atoms with Crippen LogP contribution in [0, 0.1) is 0 Å². The number of hydrogen-bond acceptors (Lipinski definition) is 7. The molecular weight excluding hydrogens is 544 g/mol. The number of H-pyrrole nitrogens is 1. The minimum atomic E-state index is -0.679. The van der Waals surface area contributed by atoms with E-state index in [2.05, 4.69) is 36.6 Å². The fourth-order valence-electron chi connectivity index (χ4n) is 5.19. The number of benzene rings is 3. The Balaban J connectivity index is 1.31. The summed E-state index contributed by atoms with van der Waals surface area (Å²) >= 11 is 0. The van der Waals surface area contributed by atoms with E-state index in [4.69, 9.17) is 0 Å². The second-order valence-electron chi connectivity index (χ2n) is 11.6. The molecule has 43 heavy (non-hydrogen) atoms. The topological polar surface area (TPSA) is 148 Å². The maximum absolute atomic E-state index is 13.9. The number of carbonyl (C=O) groups is 2. The summed E-state index contributed by atoms with van der Waals surface area (Å²) in [4.78, 5) is 28.6. The fraction of sp³-hybridized carbons (Fsp3) is 0.344. The lowest BCUT2D eigenvalue weighted by molar-refractivity contribution is -0.120. The van der Waals surface area contributed by atoms with Gasteiger partial charge in [-0.1, -0.05) is 66.7 Å². The molecule has 0 aliphatic carbocycles. The van der Waals surface area contributed by atoms with E-state index in [-0.39, 0.29) is 5.91 Å². The van der Waals surface area contributed by atoms with Crippen LogP contribution in [0.1, 0.15) is 38.3 Å². The summed E-state index contributed by atoms with van der Waals surface area (Å²) < 4.78 is 0. The second-order valence-corrected chi connectivity index (χ2v) is 11.6. The van der Waals surface area contributed by atoms with Gasteiger partial charge in [0.2, 0.25) is 11.7 Å². The van der Waals surface area contributed by atoms with Crippen molar-refractivity contribution < 1.29 is 14.7 Å². The number of aryl methyl sites for hydroxylation is 1. The van der Waals surface area contributed by atoms with E-state index in [0.29, 0.717) is 38.3 Å². The number of amides is 3. The summed E-state index contributed by atoms with van der Waals surface area (Å²) in [5.41, 5.74) is 5.29. The van der Waals surface area contributed by atoms with Crippen LogP contribution in [0.25, 0.3) is 22.5 Å². The van der Waals surface area contributed by atoms with Crippen LogP contribution in [-0.2, 0) is 17.8 Å². The molecule has 5 rings (SSSR count). The van der Waals surface area contributed by atoms with Gasteiger partial charge in [-0.25, -0.2) is 4.79 Å². The minimum Gasteiger partial charge on any atom is -0.392 e. The molecule has 1 aromatic heterocycles. The maximum atomic E-state index is 13.9. The zero-order chi connectivity index (χ0) is 30.4. The second kappa shape index (κ2) is 13.1. The molecule has 0 radical (unpaired) electrons. The van der Waals surface area contributed by atoms with Gasteiger partial charge in [0.15, 0.2) is 0 Å². The van der Waals surface area contributed by atoms with Crippen molar-refractivity contribution in [1.82, 2.24) is 36.6 Å². The van der Waals surface area contributed by atoms with Gasteiger partial charge in [0, 0.05) is 29.9 Å². The maximum Gasteiger partial charge on any atom is 0.315 e. The fourth-order valence-corrected chi connectivity index (χ4v) is 5.19. The van der Waals surface area contributed by atoms with E-state index >= 15 is 0 Å². The molecule has 11 nitrogen and oxygen atoms in total. The van der Waals surface area contributed by atoms with Crippen molar-refractivity contribution in [3.63, 3.8) is 0 Å². The molecule has 4 aromatic rings. The lowest BCUT2D eigenvalue weighted by atomic mass is 9.98. The minimum absolute atomic E-state index is 0.155. The largest absolute Gasteiger partial charge is 0.392 e. The number of aliphatic hydroxyl groups is 1. The predicted molar refractivity (Wildman–Crippen MR) is 165 cm³/mol. The quantitative estimate of drug-likeness (QED) is 0.192. The zero-order valence-corrected chi connectivity index (χ0v) is 24.7. The van der Waals surface area contributed by atoms with Gasteiger partial charge in [-0.2, -0.15) is 5.21 Å². The number of fused-ring (bicyclic) bond motifs is 1. The van der Waals surface area contributed by atoms with Crippen LogP contribution in [-0.4, -0.2) is 68.4 Å². The number of rotatable bonds is 10. The van der Waals surface area contributed by atoms with Gasteiger partial charge >= 0.3 is 6.03 Å². The van der Waals surface area contributed by atoms with Crippen molar-refractivity contribution in [1.29, 1.82) is 0 Å². The highest BCUT2D eigenvalue weighted by molar-refractivity contribution is 6.00. The molecule has 2 heterocycles. The number of hydrogen-bond donors (Lipinski definition) is 5. The van der Waals surface area contributed by atoms with E-state index in [1.165, 1.54) is 0 Å². The summed E-state index contributed by atoms with van der Waals surface area (Å²) in [5.74, 6) is 0.367. The summed E-state index contributed by atoms with van der Waals surface area (Å²) in [6, 6.07) is 22.8. The lowest BCUT2D eigenvalue weighted by Crippen LogP contribution is -2.55. The number of nitrogens with zero attached hydrogens (tertiary/aromatic N) is 4. The van der Waals surface area contributed by atoms with E-state index in [9.17, 15) is 14.7 Å². The first-order chi connectivity index (χ1) is 20.7. The third kappa shape index (κ3) is 7.43. The highest BCUT2D eigenvalue weighted by Gasteiger charge is 2.32. The molecule has 0 saturated carbocycles. The first kappa shape index (κ1) is 29.9. The molecule has 2 atom stereocenters. The average Bonchev–Trinajstić information content (AvgIpc) is 3.52. The molecule has 0 spiro atoms. The monoisotopic (exact) mass is 582 g/mol. The van der Waals surface area contributed by atoms with E-state index < -0.39 is 23.7 Å². The Labute approximate surface area is 251 Å². The number of para-hydroxylation sites is 1. The highest BCUT2D eigenvalue weighted by Crippen LogP contribution is 2.31. The molecule has 1 aliphatic heterocycles. The van der Waals surface area contributed by atoms with Gasteiger partial charge < -0.3 is 26.0 Å². The molecule has 1 aliphatic rings.